The van der Waals surface area contributed by atoms with Gasteiger partial charge < -0.3 is 20.1 Å². The minimum absolute atomic E-state index is 0.383. The standard InChI is InChI=1S/C14H21ClN4O2/c15-11-10-12(19-6-8-21-9-7-19)17-13(16-11)18-14(20)4-2-1-3-5-14/h10,20H,1-9H2,(H,16,17,18). The molecule has 0 bridgehead atoms. The van der Waals surface area contributed by atoms with Crippen molar-refractivity contribution in [2.45, 2.75) is 37.8 Å². The normalized spacial score (nSPS) is 22.1. The summed E-state index contributed by atoms with van der Waals surface area (Å²) < 4.78 is 5.35. The average Bonchev–Trinajstić information content (AvgIpc) is 2.48. The third kappa shape index (κ3) is 3.75. The van der Waals surface area contributed by atoms with E-state index in [1.165, 1.54) is 6.42 Å². The van der Waals surface area contributed by atoms with Gasteiger partial charge in [-0.3, -0.25) is 0 Å². The molecule has 2 aliphatic rings. The molecule has 0 atom stereocenters. The molecule has 0 spiro atoms. The van der Waals surface area contributed by atoms with Crippen molar-refractivity contribution in [3.8, 4) is 0 Å². The van der Waals surface area contributed by atoms with Gasteiger partial charge in [-0.1, -0.05) is 18.0 Å². The topological polar surface area (TPSA) is 70.5 Å². The van der Waals surface area contributed by atoms with E-state index in [1.807, 2.05) is 0 Å². The molecule has 1 saturated heterocycles. The quantitative estimate of drug-likeness (QED) is 0.657. The summed E-state index contributed by atoms with van der Waals surface area (Å²) in [6.07, 6.45) is 4.63. The van der Waals surface area contributed by atoms with Crippen LogP contribution in [0.1, 0.15) is 32.1 Å². The van der Waals surface area contributed by atoms with Crippen LogP contribution in [0.3, 0.4) is 0 Å². The molecule has 2 heterocycles. The predicted octanol–water partition coefficient (Wildman–Crippen LogP) is 2.03. The smallest absolute Gasteiger partial charge is 0.228 e. The first-order valence-corrected chi connectivity index (χ1v) is 7.90. The van der Waals surface area contributed by atoms with E-state index in [0.29, 0.717) is 24.3 Å². The van der Waals surface area contributed by atoms with Gasteiger partial charge in [-0.2, -0.15) is 4.98 Å². The highest BCUT2D eigenvalue weighted by molar-refractivity contribution is 6.29. The van der Waals surface area contributed by atoms with Crippen LogP contribution in [0.25, 0.3) is 0 Å². The largest absolute Gasteiger partial charge is 0.378 e. The van der Waals surface area contributed by atoms with Crippen LogP contribution in [0.4, 0.5) is 11.8 Å². The van der Waals surface area contributed by atoms with Crippen molar-refractivity contribution in [1.82, 2.24) is 9.97 Å². The van der Waals surface area contributed by atoms with Gasteiger partial charge in [-0.05, 0) is 25.7 Å². The van der Waals surface area contributed by atoms with E-state index in [9.17, 15) is 5.11 Å². The van der Waals surface area contributed by atoms with Gasteiger partial charge in [-0.15, -0.1) is 0 Å². The van der Waals surface area contributed by atoms with Crippen molar-refractivity contribution in [3.05, 3.63) is 11.2 Å². The Kier molecular flexibility index (Phi) is 4.47. The van der Waals surface area contributed by atoms with Crippen molar-refractivity contribution in [2.24, 2.45) is 0 Å². The molecule has 1 aromatic heterocycles. The molecule has 2 N–H and O–H groups in total. The molecule has 0 amide bonds. The summed E-state index contributed by atoms with van der Waals surface area (Å²) in [5.41, 5.74) is -0.911. The Labute approximate surface area is 129 Å². The van der Waals surface area contributed by atoms with E-state index >= 15 is 0 Å². The molecule has 0 unspecified atom stereocenters. The summed E-state index contributed by atoms with van der Waals surface area (Å²) in [5, 5.41) is 14.0. The van der Waals surface area contributed by atoms with Gasteiger partial charge in [0, 0.05) is 19.2 Å². The number of anilines is 2. The van der Waals surface area contributed by atoms with Gasteiger partial charge in [0.2, 0.25) is 5.95 Å². The van der Waals surface area contributed by atoms with E-state index in [1.54, 1.807) is 6.07 Å². The van der Waals surface area contributed by atoms with Crippen LogP contribution in [0.2, 0.25) is 5.15 Å². The molecule has 116 valence electrons. The number of nitrogens with one attached hydrogen (secondary N) is 1. The summed E-state index contributed by atoms with van der Waals surface area (Å²) in [6.45, 7) is 2.96. The second kappa shape index (κ2) is 6.34. The number of hydrogen-bond acceptors (Lipinski definition) is 6. The molecule has 7 heteroatoms. The van der Waals surface area contributed by atoms with Crippen LogP contribution in [0.15, 0.2) is 6.07 Å². The van der Waals surface area contributed by atoms with Crippen molar-refractivity contribution < 1.29 is 9.84 Å². The number of morpholine rings is 1. The molecule has 1 aliphatic carbocycles. The molecule has 1 aliphatic heterocycles. The molecular formula is C14H21ClN4O2. The van der Waals surface area contributed by atoms with Crippen LogP contribution in [0, 0.1) is 0 Å². The molecule has 0 aromatic carbocycles. The Balaban J connectivity index is 1.77. The molecule has 1 saturated carbocycles. The second-order valence-electron chi connectivity index (χ2n) is 5.69. The minimum Gasteiger partial charge on any atom is -0.378 e. The predicted molar refractivity (Wildman–Crippen MR) is 81.7 cm³/mol. The molecule has 2 fully saturated rings. The van der Waals surface area contributed by atoms with Crippen LogP contribution < -0.4 is 10.2 Å². The van der Waals surface area contributed by atoms with Gasteiger partial charge in [0.1, 0.15) is 16.7 Å². The molecular weight excluding hydrogens is 292 g/mol. The Hall–Kier alpha value is -1.11. The first kappa shape index (κ1) is 14.8. The van der Waals surface area contributed by atoms with Crippen molar-refractivity contribution in [3.63, 3.8) is 0 Å². The molecule has 6 nitrogen and oxygen atoms in total. The Morgan fingerprint density at radius 2 is 1.90 bits per heavy atom. The van der Waals surface area contributed by atoms with Gasteiger partial charge in [0.15, 0.2) is 0 Å². The average molecular weight is 313 g/mol. The van der Waals surface area contributed by atoms with Crippen LogP contribution in [-0.4, -0.2) is 47.1 Å². The van der Waals surface area contributed by atoms with Crippen molar-refractivity contribution in [2.75, 3.05) is 36.5 Å². The van der Waals surface area contributed by atoms with Gasteiger partial charge >= 0.3 is 0 Å². The molecule has 21 heavy (non-hydrogen) atoms. The molecule has 3 rings (SSSR count). The van der Waals surface area contributed by atoms with Crippen LogP contribution >= 0.6 is 11.6 Å². The lowest BCUT2D eigenvalue weighted by molar-refractivity contribution is 0.0309. The maximum absolute atomic E-state index is 10.5. The summed E-state index contributed by atoms with van der Waals surface area (Å²) in [4.78, 5) is 10.8. The second-order valence-corrected chi connectivity index (χ2v) is 6.08. The lowest BCUT2D eigenvalue weighted by Gasteiger charge is -2.33. The monoisotopic (exact) mass is 312 g/mol. The highest BCUT2D eigenvalue weighted by atomic mass is 35.5. The fourth-order valence-corrected chi connectivity index (χ4v) is 3.06. The zero-order valence-corrected chi connectivity index (χ0v) is 12.8. The zero-order valence-electron chi connectivity index (χ0n) is 12.0. The number of ether oxygens (including phenoxy) is 1. The van der Waals surface area contributed by atoms with Gasteiger partial charge in [-0.25, -0.2) is 4.98 Å². The number of aromatic nitrogens is 2. The Bertz CT molecular complexity index is 488. The third-order valence-electron chi connectivity index (χ3n) is 4.04. The third-order valence-corrected chi connectivity index (χ3v) is 4.24. The number of rotatable bonds is 3. The van der Waals surface area contributed by atoms with Crippen LogP contribution in [0.5, 0.6) is 0 Å². The highest BCUT2D eigenvalue weighted by Gasteiger charge is 2.30. The van der Waals surface area contributed by atoms with Crippen molar-refractivity contribution in [1.29, 1.82) is 0 Å². The maximum Gasteiger partial charge on any atom is 0.228 e. The van der Waals surface area contributed by atoms with E-state index in [4.69, 9.17) is 16.3 Å². The number of aliphatic hydroxyl groups is 1. The summed E-state index contributed by atoms with van der Waals surface area (Å²) >= 11 is 6.10. The minimum atomic E-state index is -0.911. The summed E-state index contributed by atoms with van der Waals surface area (Å²) in [6, 6.07) is 1.75. The van der Waals surface area contributed by atoms with E-state index in [2.05, 4.69) is 20.2 Å². The number of hydrogen-bond donors (Lipinski definition) is 2. The first-order chi connectivity index (χ1) is 10.1. The fraction of sp³-hybridized carbons (Fsp3) is 0.714. The van der Waals surface area contributed by atoms with Crippen LogP contribution in [-0.2, 0) is 4.74 Å². The van der Waals surface area contributed by atoms with E-state index in [-0.39, 0.29) is 0 Å². The van der Waals surface area contributed by atoms with E-state index < -0.39 is 5.72 Å². The van der Waals surface area contributed by atoms with Gasteiger partial charge in [0.05, 0.1) is 13.2 Å². The lowest BCUT2D eigenvalue weighted by Crippen LogP contribution is -2.41. The number of nitrogens with zero attached hydrogens (tertiary/aromatic N) is 3. The zero-order chi connectivity index (χ0) is 14.7. The van der Waals surface area contributed by atoms with Gasteiger partial charge in [0.25, 0.3) is 0 Å². The van der Waals surface area contributed by atoms with Crippen molar-refractivity contribution >= 4 is 23.4 Å². The number of halogens is 1. The first-order valence-electron chi connectivity index (χ1n) is 7.52. The van der Waals surface area contributed by atoms with E-state index in [0.717, 1.165) is 44.6 Å². The summed E-state index contributed by atoms with van der Waals surface area (Å²) in [5.74, 6) is 1.17. The Morgan fingerprint density at radius 1 is 1.19 bits per heavy atom. The lowest BCUT2D eigenvalue weighted by atomic mass is 9.92. The highest BCUT2D eigenvalue weighted by Crippen LogP contribution is 2.29. The summed E-state index contributed by atoms with van der Waals surface area (Å²) in [7, 11) is 0. The fourth-order valence-electron chi connectivity index (χ4n) is 2.89. The Morgan fingerprint density at radius 3 is 2.62 bits per heavy atom. The maximum atomic E-state index is 10.5. The SMILES string of the molecule is OC1(Nc2nc(Cl)cc(N3CCOCC3)n2)CCCCC1. The molecule has 0 radical (unpaired) electrons. The molecule has 1 aromatic rings.